The molecule has 1 aliphatic rings. The molecule has 1 aliphatic carbocycles. The summed E-state index contributed by atoms with van der Waals surface area (Å²) < 4.78 is 5.24. The van der Waals surface area contributed by atoms with Gasteiger partial charge in [-0.3, -0.25) is 4.79 Å². The molecule has 0 radical (unpaired) electrons. The Morgan fingerprint density at radius 3 is 2.88 bits per heavy atom. The lowest BCUT2D eigenvalue weighted by molar-refractivity contribution is -0.121. The van der Waals surface area contributed by atoms with Gasteiger partial charge < -0.3 is 4.74 Å². The molecule has 92 valence electrons. The third kappa shape index (κ3) is 2.51. The lowest BCUT2D eigenvalue weighted by Gasteiger charge is -2.24. The molecule has 0 aromatic heterocycles. The van der Waals surface area contributed by atoms with E-state index in [0.717, 1.165) is 31.4 Å². The maximum atomic E-state index is 12.0. The van der Waals surface area contributed by atoms with E-state index in [4.69, 9.17) is 4.74 Å². The van der Waals surface area contributed by atoms with E-state index >= 15 is 0 Å². The van der Waals surface area contributed by atoms with Crippen LogP contribution in [-0.2, 0) is 11.2 Å². The fourth-order valence-electron chi connectivity index (χ4n) is 2.60. The molecule has 2 rings (SSSR count). The molecule has 1 aromatic carbocycles. The zero-order valence-corrected chi connectivity index (χ0v) is 10.7. The fourth-order valence-corrected chi connectivity index (χ4v) is 2.60. The van der Waals surface area contributed by atoms with Crippen LogP contribution >= 0.6 is 0 Å². The minimum Gasteiger partial charge on any atom is -0.497 e. The summed E-state index contributed by atoms with van der Waals surface area (Å²) >= 11 is 0. The molecule has 17 heavy (non-hydrogen) atoms. The van der Waals surface area contributed by atoms with Crippen LogP contribution in [0.5, 0.6) is 5.75 Å². The Morgan fingerprint density at radius 1 is 1.35 bits per heavy atom. The smallest absolute Gasteiger partial charge is 0.140 e. The number of aryl methyl sites for hydroxylation is 1. The summed E-state index contributed by atoms with van der Waals surface area (Å²) in [5.41, 5.74) is 2.53. The zero-order chi connectivity index (χ0) is 12.3. The summed E-state index contributed by atoms with van der Waals surface area (Å²) in [5.74, 6) is 1.44. The summed E-state index contributed by atoms with van der Waals surface area (Å²) in [4.78, 5) is 12.0. The van der Waals surface area contributed by atoms with E-state index in [0.29, 0.717) is 12.2 Å². The molecular weight excluding hydrogens is 212 g/mol. The average molecular weight is 232 g/mol. The van der Waals surface area contributed by atoms with Crippen LogP contribution in [0.4, 0.5) is 0 Å². The van der Waals surface area contributed by atoms with Crippen molar-refractivity contribution in [3.05, 3.63) is 29.3 Å². The molecule has 0 saturated carbocycles. The Morgan fingerprint density at radius 2 is 2.18 bits per heavy atom. The van der Waals surface area contributed by atoms with E-state index in [1.54, 1.807) is 7.11 Å². The number of ether oxygens (including phenoxy) is 1. The Hall–Kier alpha value is -1.31. The van der Waals surface area contributed by atoms with Gasteiger partial charge >= 0.3 is 0 Å². The normalized spacial score (nSPS) is 18.9. The van der Waals surface area contributed by atoms with Crippen LogP contribution in [0.1, 0.15) is 49.7 Å². The quantitative estimate of drug-likeness (QED) is 0.794. The van der Waals surface area contributed by atoms with Crippen LogP contribution in [0.25, 0.3) is 0 Å². The molecule has 0 spiro atoms. The number of hydrogen-bond donors (Lipinski definition) is 0. The first-order chi connectivity index (χ1) is 8.26. The Balaban J connectivity index is 2.28. The number of rotatable bonds is 4. The molecule has 2 nitrogen and oxygen atoms in total. The summed E-state index contributed by atoms with van der Waals surface area (Å²) in [6.45, 7) is 2.17. The number of fused-ring (bicyclic) bond motifs is 1. The van der Waals surface area contributed by atoms with Gasteiger partial charge in [0.25, 0.3) is 0 Å². The number of unbranched alkanes of at least 4 members (excludes halogenated alkanes) is 1. The number of methoxy groups -OCH3 is 1. The van der Waals surface area contributed by atoms with Crippen molar-refractivity contribution in [2.75, 3.05) is 7.11 Å². The Labute approximate surface area is 103 Å². The first-order valence-electron chi connectivity index (χ1n) is 6.45. The van der Waals surface area contributed by atoms with Crippen LogP contribution < -0.4 is 4.74 Å². The number of carbonyl (C=O) groups is 1. The molecule has 0 amide bonds. The second-order valence-electron chi connectivity index (χ2n) is 4.73. The van der Waals surface area contributed by atoms with Crippen molar-refractivity contribution in [2.45, 2.75) is 44.9 Å². The predicted octanol–water partition coefficient (Wildman–Crippen LogP) is 3.48. The van der Waals surface area contributed by atoms with E-state index < -0.39 is 0 Å². The van der Waals surface area contributed by atoms with Crippen LogP contribution in [0, 0.1) is 0 Å². The number of Topliss-reactive ketones (excluding diaryl/α,β-unsaturated/α-hetero) is 1. The van der Waals surface area contributed by atoms with Gasteiger partial charge in [0.15, 0.2) is 0 Å². The SMILES string of the molecule is CCCCC1C(=O)CCc2cc(OC)ccc21. The highest BCUT2D eigenvalue weighted by Gasteiger charge is 2.26. The average Bonchev–Trinajstić information content (AvgIpc) is 2.37. The van der Waals surface area contributed by atoms with Crippen molar-refractivity contribution in [1.29, 1.82) is 0 Å². The summed E-state index contributed by atoms with van der Waals surface area (Å²) in [6, 6.07) is 6.13. The Bertz CT molecular complexity index is 409. The topological polar surface area (TPSA) is 26.3 Å². The third-order valence-corrected chi connectivity index (χ3v) is 3.60. The molecule has 0 bridgehead atoms. The van der Waals surface area contributed by atoms with Crippen LogP contribution in [-0.4, -0.2) is 12.9 Å². The zero-order valence-electron chi connectivity index (χ0n) is 10.7. The lowest BCUT2D eigenvalue weighted by Crippen LogP contribution is -2.20. The van der Waals surface area contributed by atoms with E-state index in [-0.39, 0.29) is 5.92 Å². The summed E-state index contributed by atoms with van der Waals surface area (Å²) in [5, 5.41) is 0. The molecule has 0 N–H and O–H groups in total. The van der Waals surface area contributed by atoms with Crippen LogP contribution in [0.2, 0.25) is 0 Å². The molecule has 1 atom stereocenters. The van der Waals surface area contributed by atoms with Crippen LogP contribution in [0.15, 0.2) is 18.2 Å². The van der Waals surface area contributed by atoms with E-state index in [9.17, 15) is 4.79 Å². The maximum absolute atomic E-state index is 12.0. The van der Waals surface area contributed by atoms with Crippen molar-refractivity contribution in [3.63, 3.8) is 0 Å². The van der Waals surface area contributed by atoms with Gasteiger partial charge in [-0.05, 0) is 36.1 Å². The molecular formula is C15H20O2. The molecule has 1 unspecified atom stereocenters. The highest BCUT2D eigenvalue weighted by molar-refractivity contribution is 5.88. The van der Waals surface area contributed by atoms with Crippen LogP contribution in [0.3, 0.4) is 0 Å². The van der Waals surface area contributed by atoms with E-state index in [2.05, 4.69) is 19.1 Å². The van der Waals surface area contributed by atoms with Gasteiger partial charge in [-0.1, -0.05) is 25.8 Å². The van der Waals surface area contributed by atoms with Gasteiger partial charge in [0.05, 0.1) is 7.11 Å². The molecule has 0 saturated heterocycles. The predicted molar refractivity (Wildman–Crippen MR) is 68.6 cm³/mol. The van der Waals surface area contributed by atoms with Gasteiger partial charge in [-0.15, -0.1) is 0 Å². The van der Waals surface area contributed by atoms with Crippen molar-refractivity contribution >= 4 is 5.78 Å². The molecule has 0 heterocycles. The minimum absolute atomic E-state index is 0.129. The van der Waals surface area contributed by atoms with Crippen molar-refractivity contribution in [2.24, 2.45) is 0 Å². The molecule has 2 heteroatoms. The van der Waals surface area contributed by atoms with Gasteiger partial charge in [0.2, 0.25) is 0 Å². The molecule has 0 aliphatic heterocycles. The number of ketones is 1. The summed E-state index contributed by atoms with van der Waals surface area (Å²) in [6.07, 6.45) is 4.83. The number of hydrogen-bond acceptors (Lipinski definition) is 2. The second-order valence-corrected chi connectivity index (χ2v) is 4.73. The number of carbonyl (C=O) groups excluding carboxylic acids is 1. The van der Waals surface area contributed by atoms with E-state index in [1.165, 1.54) is 11.1 Å². The largest absolute Gasteiger partial charge is 0.497 e. The van der Waals surface area contributed by atoms with E-state index in [1.807, 2.05) is 6.07 Å². The minimum atomic E-state index is 0.129. The van der Waals surface area contributed by atoms with Crippen molar-refractivity contribution in [1.82, 2.24) is 0 Å². The summed E-state index contributed by atoms with van der Waals surface area (Å²) in [7, 11) is 1.68. The lowest BCUT2D eigenvalue weighted by atomic mass is 9.79. The second kappa shape index (κ2) is 5.35. The highest BCUT2D eigenvalue weighted by Crippen LogP contribution is 2.34. The Kier molecular flexibility index (Phi) is 3.82. The fraction of sp³-hybridized carbons (Fsp3) is 0.533. The molecule has 0 fully saturated rings. The number of benzene rings is 1. The van der Waals surface area contributed by atoms with Crippen molar-refractivity contribution < 1.29 is 9.53 Å². The first-order valence-corrected chi connectivity index (χ1v) is 6.45. The maximum Gasteiger partial charge on any atom is 0.140 e. The standard InChI is InChI=1S/C15H20O2/c1-3-4-5-14-13-8-7-12(17-2)10-11(13)6-9-15(14)16/h7-8,10,14H,3-6,9H2,1-2H3. The molecule has 1 aromatic rings. The monoisotopic (exact) mass is 232 g/mol. The van der Waals surface area contributed by atoms with Gasteiger partial charge in [-0.25, -0.2) is 0 Å². The van der Waals surface area contributed by atoms with Gasteiger partial charge in [-0.2, -0.15) is 0 Å². The van der Waals surface area contributed by atoms with Crippen molar-refractivity contribution in [3.8, 4) is 5.75 Å². The first kappa shape index (κ1) is 12.2. The third-order valence-electron chi connectivity index (χ3n) is 3.60. The highest BCUT2D eigenvalue weighted by atomic mass is 16.5. The van der Waals surface area contributed by atoms with Gasteiger partial charge in [0, 0.05) is 12.3 Å². The van der Waals surface area contributed by atoms with Gasteiger partial charge in [0.1, 0.15) is 11.5 Å².